The molecule has 3 N–H and O–H groups in total. The number of alkyl halides is 2. The Hall–Kier alpha value is -3.98. The second-order valence-electron chi connectivity index (χ2n) is 9.00. The molecule has 1 fully saturated rings. The Balaban J connectivity index is 1.30. The first-order valence-electron chi connectivity index (χ1n) is 11.6. The number of nitrogens with two attached hydrogens (primary N) is 1. The minimum Gasteiger partial charge on any atom is -0.486 e. The third-order valence-corrected chi connectivity index (χ3v) is 6.55. The van der Waals surface area contributed by atoms with Crippen LogP contribution < -0.4 is 15.8 Å². The van der Waals surface area contributed by atoms with Crippen LogP contribution in [0.4, 0.5) is 14.6 Å². The smallest absolute Gasteiger partial charge is 0.282 e. The molecule has 1 aromatic heterocycles. The quantitative estimate of drug-likeness (QED) is 0.471. The molecule has 0 spiro atoms. The van der Waals surface area contributed by atoms with Gasteiger partial charge in [-0.05, 0) is 47.0 Å². The van der Waals surface area contributed by atoms with E-state index in [9.17, 15) is 18.4 Å². The SMILES string of the molecule is Nc1ccc(/C=C/C(=O)NCC2Cc3c(-c4ccccc4C(=O)N4CC(F)(F)C4)ccc(Cl)c3O2)cn1. The van der Waals surface area contributed by atoms with Crippen LogP contribution in [0.5, 0.6) is 5.75 Å². The van der Waals surface area contributed by atoms with Gasteiger partial charge in [-0.15, -0.1) is 0 Å². The third kappa shape index (κ3) is 5.27. The summed E-state index contributed by atoms with van der Waals surface area (Å²) in [5.74, 6) is -2.72. The first kappa shape index (κ1) is 24.7. The maximum absolute atomic E-state index is 13.4. The molecule has 0 radical (unpaired) electrons. The number of fused-ring (bicyclic) bond motifs is 1. The van der Waals surface area contributed by atoms with Gasteiger partial charge in [0.1, 0.15) is 17.7 Å². The Labute approximate surface area is 216 Å². The van der Waals surface area contributed by atoms with E-state index in [0.717, 1.165) is 21.6 Å². The number of nitrogens with zero attached hydrogens (tertiary/aromatic N) is 2. The van der Waals surface area contributed by atoms with Gasteiger partial charge in [0, 0.05) is 29.8 Å². The highest BCUT2D eigenvalue weighted by Crippen LogP contribution is 2.43. The van der Waals surface area contributed by atoms with Crippen LogP contribution in [0.3, 0.4) is 0 Å². The maximum atomic E-state index is 13.4. The Kier molecular flexibility index (Phi) is 6.55. The lowest BCUT2D eigenvalue weighted by atomic mass is 9.92. The highest BCUT2D eigenvalue weighted by atomic mass is 35.5. The largest absolute Gasteiger partial charge is 0.486 e. The molecule has 190 valence electrons. The van der Waals surface area contributed by atoms with Crippen LogP contribution in [0.1, 0.15) is 21.5 Å². The van der Waals surface area contributed by atoms with Crippen molar-refractivity contribution in [2.45, 2.75) is 18.4 Å². The highest BCUT2D eigenvalue weighted by molar-refractivity contribution is 6.32. The van der Waals surface area contributed by atoms with Gasteiger partial charge in [-0.25, -0.2) is 13.8 Å². The van der Waals surface area contributed by atoms with Crippen LogP contribution in [0, 0.1) is 0 Å². The fourth-order valence-electron chi connectivity index (χ4n) is 4.42. The number of carbonyl (C=O) groups is 2. The van der Waals surface area contributed by atoms with Crippen LogP contribution in [0.2, 0.25) is 5.02 Å². The number of pyridine rings is 1. The molecule has 0 aliphatic carbocycles. The average Bonchev–Trinajstić information content (AvgIpc) is 3.31. The van der Waals surface area contributed by atoms with Crippen molar-refractivity contribution in [3.05, 3.63) is 82.5 Å². The zero-order valence-corrected chi connectivity index (χ0v) is 20.3. The van der Waals surface area contributed by atoms with E-state index in [2.05, 4.69) is 10.3 Å². The van der Waals surface area contributed by atoms with Crippen molar-refractivity contribution in [1.82, 2.24) is 15.2 Å². The summed E-state index contributed by atoms with van der Waals surface area (Å²) in [6.45, 7) is -0.947. The molecule has 7 nitrogen and oxygen atoms in total. The number of hydrogen-bond donors (Lipinski definition) is 2. The van der Waals surface area contributed by atoms with Crippen LogP contribution in [0.15, 0.2) is 60.8 Å². The van der Waals surface area contributed by atoms with Crippen molar-refractivity contribution in [3.63, 3.8) is 0 Å². The number of nitrogen functional groups attached to an aromatic ring is 1. The summed E-state index contributed by atoms with van der Waals surface area (Å²) in [6, 6.07) is 13.8. The lowest BCUT2D eigenvalue weighted by Crippen LogP contribution is -2.58. The van der Waals surface area contributed by atoms with Crippen molar-refractivity contribution < 1.29 is 23.1 Å². The van der Waals surface area contributed by atoms with Crippen molar-refractivity contribution in [2.75, 3.05) is 25.4 Å². The summed E-state index contributed by atoms with van der Waals surface area (Å²) in [4.78, 5) is 30.4. The van der Waals surface area contributed by atoms with Gasteiger partial charge in [-0.3, -0.25) is 9.59 Å². The monoisotopic (exact) mass is 524 g/mol. The predicted octanol–water partition coefficient (Wildman–Crippen LogP) is 4.21. The zero-order chi connectivity index (χ0) is 26.2. The first-order chi connectivity index (χ1) is 17.7. The van der Waals surface area contributed by atoms with E-state index in [1.807, 2.05) is 0 Å². The summed E-state index contributed by atoms with van der Waals surface area (Å²) < 4.78 is 32.8. The molecule has 2 aliphatic rings. The molecule has 1 saturated heterocycles. The number of ether oxygens (including phenoxy) is 1. The molecule has 2 aromatic carbocycles. The molecule has 37 heavy (non-hydrogen) atoms. The second kappa shape index (κ2) is 9.82. The second-order valence-corrected chi connectivity index (χ2v) is 9.41. The van der Waals surface area contributed by atoms with Gasteiger partial charge in [0.2, 0.25) is 5.91 Å². The number of halogens is 3. The number of likely N-dealkylation sites (tertiary alicyclic amines) is 1. The van der Waals surface area contributed by atoms with E-state index in [0.29, 0.717) is 34.1 Å². The lowest BCUT2D eigenvalue weighted by molar-refractivity contribution is -0.116. The van der Waals surface area contributed by atoms with Gasteiger partial charge in [0.15, 0.2) is 0 Å². The number of aromatic nitrogens is 1. The molecule has 5 rings (SSSR count). The summed E-state index contributed by atoms with van der Waals surface area (Å²) in [5, 5.41) is 3.23. The molecule has 2 amide bonds. The summed E-state index contributed by atoms with van der Waals surface area (Å²) in [7, 11) is 0. The number of nitrogens with one attached hydrogen (secondary N) is 1. The first-order valence-corrected chi connectivity index (χ1v) is 12.0. The molecular weight excluding hydrogens is 502 g/mol. The average molecular weight is 525 g/mol. The Bertz CT molecular complexity index is 1390. The van der Waals surface area contributed by atoms with Gasteiger partial charge >= 0.3 is 0 Å². The number of amides is 2. The van der Waals surface area contributed by atoms with Gasteiger partial charge in [-0.2, -0.15) is 0 Å². The van der Waals surface area contributed by atoms with Crippen molar-refractivity contribution in [1.29, 1.82) is 0 Å². The number of benzene rings is 2. The number of anilines is 1. The number of rotatable bonds is 6. The Morgan fingerprint density at radius 2 is 1.95 bits per heavy atom. The van der Waals surface area contributed by atoms with Crippen molar-refractivity contribution in [2.24, 2.45) is 0 Å². The van der Waals surface area contributed by atoms with E-state index in [4.69, 9.17) is 22.1 Å². The highest BCUT2D eigenvalue weighted by Gasteiger charge is 2.46. The van der Waals surface area contributed by atoms with E-state index in [1.54, 1.807) is 60.8 Å². The fraction of sp³-hybridized carbons (Fsp3) is 0.222. The maximum Gasteiger partial charge on any atom is 0.282 e. The van der Waals surface area contributed by atoms with Gasteiger partial charge in [0.05, 0.1) is 24.7 Å². The molecule has 10 heteroatoms. The van der Waals surface area contributed by atoms with Crippen LogP contribution >= 0.6 is 11.6 Å². The topological polar surface area (TPSA) is 97.5 Å². The van der Waals surface area contributed by atoms with E-state index in [-0.39, 0.29) is 18.6 Å². The van der Waals surface area contributed by atoms with Crippen molar-refractivity contribution in [3.8, 4) is 16.9 Å². The van der Waals surface area contributed by atoms with Gasteiger partial charge < -0.3 is 20.7 Å². The zero-order valence-electron chi connectivity index (χ0n) is 19.6. The minimum absolute atomic E-state index is 0.233. The van der Waals surface area contributed by atoms with Crippen LogP contribution in [0.25, 0.3) is 17.2 Å². The molecule has 1 unspecified atom stereocenters. The summed E-state index contributed by atoms with van der Waals surface area (Å²) >= 11 is 6.40. The van der Waals surface area contributed by atoms with Crippen molar-refractivity contribution >= 4 is 35.3 Å². The standard InChI is InChI=1S/C27H23ClF2N4O3/c28-22-8-7-19(18-3-1-2-4-20(18)26(36)34-14-27(29,30)15-34)21-11-17(37-25(21)22)13-33-24(35)10-6-16-5-9-23(31)32-12-16/h1-10,12,17H,11,13-15H2,(H2,31,32)(H,33,35)/b10-6+. The molecule has 3 heterocycles. The molecule has 3 aromatic rings. The number of carbonyl (C=O) groups excluding carboxylic acids is 2. The summed E-state index contributed by atoms with van der Waals surface area (Å²) in [5.41, 5.74) is 8.78. The predicted molar refractivity (Wildman–Crippen MR) is 137 cm³/mol. The molecule has 0 saturated carbocycles. The molecule has 0 bridgehead atoms. The lowest BCUT2D eigenvalue weighted by Gasteiger charge is -2.39. The molecule has 1 atom stereocenters. The molecule has 2 aliphatic heterocycles. The number of hydrogen-bond acceptors (Lipinski definition) is 5. The Morgan fingerprint density at radius 1 is 1.16 bits per heavy atom. The summed E-state index contributed by atoms with van der Waals surface area (Å²) in [6.07, 6.45) is 4.66. The Morgan fingerprint density at radius 3 is 2.68 bits per heavy atom. The van der Waals surface area contributed by atoms with E-state index >= 15 is 0 Å². The van der Waals surface area contributed by atoms with E-state index in [1.165, 1.54) is 6.08 Å². The fourth-order valence-corrected chi connectivity index (χ4v) is 4.64. The van der Waals surface area contributed by atoms with Crippen LogP contribution in [-0.4, -0.2) is 53.4 Å². The minimum atomic E-state index is -2.85. The van der Waals surface area contributed by atoms with E-state index < -0.39 is 24.9 Å². The van der Waals surface area contributed by atoms with Gasteiger partial charge in [-0.1, -0.05) is 35.9 Å². The van der Waals surface area contributed by atoms with Gasteiger partial charge in [0.25, 0.3) is 11.8 Å². The normalized spacial score (nSPS) is 17.7. The van der Waals surface area contributed by atoms with Crippen LogP contribution in [-0.2, 0) is 11.2 Å². The third-order valence-electron chi connectivity index (χ3n) is 6.25. The molecular formula is C27H23ClF2N4O3.